The van der Waals surface area contributed by atoms with Gasteiger partial charge in [0.25, 0.3) is 0 Å². The van der Waals surface area contributed by atoms with Crippen molar-refractivity contribution in [3.8, 4) is 11.5 Å². The molecule has 122 valence electrons. The minimum atomic E-state index is -0.0974. The molecule has 1 aliphatic heterocycles. The molecule has 0 fully saturated rings. The molecule has 0 spiro atoms. The van der Waals surface area contributed by atoms with E-state index in [1.165, 1.54) is 5.56 Å². The van der Waals surface area contributed by atoms with Gasteiger partial charge in [-0.05, 0) is 29.2 Å². The standard InChI is InChI=1S/C18H27NO3/c1-12(2)7-17(20)19-10-13-8-15(21-5)16(22-6)9-14(13)18(3,4)11-19/h8-9,12H,7,10-11H2,1-6H3. The van der Waals surface area contributed by atoms with Gasteiger partial charge in [0, 0.05) is 24.9 Å². The van der Waals surface area contributed by atoms with Crippen LogP contribution < -0.4 is 9.47 Å². The van der Waals surface area contributed by atoms with E-state index < -0.39 is 0 Å². The van der Waals surface area contributed by atoms with Gasteiger partial charge in [0.05, 0.1) is 14.2 Å². The molecule has 1 aromatic rings. The predicted molar refractivity (Wildman–Crippen MR) is 87.4 cm³/mol. The molecule has 4 heteroatoms. The van der Waals surface area contributed by atoms with Crippen LogP contribution >= 0.6 is 0 Å². The Morgan fingerprint density at radius 1 is 1.23 bits per heavy atom. The van der Waals surface area contributed by atoms with Crippen LogP contribution in [-0.2, 0) is 16.8 Å². The molecule has 0 aliphatic carbocycles. The number of benzene rings is 1. The molecule has 4 nitrogen and oxygen atoms in total. The Morgan fingerprint density at radius 2 is 1.82 bits per heavy atom. The topological polar surface area (TPSA) is 38.8 Å². The molecular formula is C18H27NO3. The van der Waals surface area contributed by atoms with Crippen molar-refractivity contribution < 1.29 is 14.3 Å². The minimum Gasteiger partial charge on any atom is -0.493 e. The van der Waals surface area contributed by atoms with Gasteiger partial charge in [-0.25, -0.2) is 0 Å². The Morgan fingerprint density at radius 3 is 2.36 bits per heavy atom. The maximum Gasteiger partial charge on any atom is 0.223 e. The lowest BCUT2D eigenvalue weighted by Crippen LogP contribution is -2.45. The maximum absolute atomic E-state index is 12.5. The summed E-state index contributed by atoms with van der Waals surface area (Å²) in [6.07, 6.45) is 0.596. The van der Waals surface area contributed by atoms with Gasteiger partial charge < -0.3 is 14.4 Å². The maximum atomic E-state index is 12.5. The van der Waals surface area contributed by atoms with Crippen LogP contribution in [0.25, 0.3) is 0 Å². The van der Waals surface area contributed by atoms with Gasteiger partial charge in [-0.1, -0.05) is 27.7 Å². The third-order valence-electron chi connectivity index (χ3n) is 4.22. The zero-order valence-electron chi connectivity index (χ0n) is 14.5. The first kappa shape index (κ1) is 16.7. The molecule has 1 aliphatic rings. The molecule has 0 N–H and O–H groups in total. The average molecular weight is 305 g/mol. The molecule has 0 unspecified atom stereocenters. The predicted octanol–water partition coefficient (Wildman–Crippen LogP) is 3.37. The number of carbonyl (C=O) groups is 1. The highest BCUT2D eigenvalue weighted by molar-refractivity contribution is 5.77. The van der Waals surface area contributed by atoms with Gasteiger partial charge in [-0.2, -0.15) is 0 Å². The number of rotatable bonds is 4. The van der Waals surface area contributed by atoms with Crippen molar-refractivity contribution in [1.29, 1.82) is 0 Å². The van der Waals surface area contributed by atoms with Crippen molar-refractivity contribution in [2.75, 3.05) is 20.8 Å². The van der Waals surface area contributed by atoms with Gasteiger partial charge in [0.2, 0.25) is 5.91 Å². The van der Waals surface area contributed by atoms with Crippen molar-refractivity contribution >= 4 is 5.91 Å². The highest BCUT2D eigenvalue weighted by Gasteiger charge is 2.35. The number of hydrogen-bond donors (Lipinski definition) is 0. The Balaban J connectivity index is 2.38. The van der Waals surface area contributed by atoms with Crippen LogP contribution in [0.15, 0.2) is 12.1 Å². The van der Waals surface area contributed by atoms with Crippen LogP contribution in [0.1, 0.15) is 45.2 Å². The van der Waals surface area contributed by atoms with E-state index in [-0.39, 0.29) is 11.3 Å². The molecule has 1 amide bonds. The van der Waals surface area contributed by atoms with Gasteiger partial charge in [-0.15, -0.1) is 0 Å². The van der Waals surface area contributed by atoms with Crippen LogP contribution in [0.3, 0.4) is 0 Å². The third-order valence-corrected chi connectivity index (χ3v) is 4.22. The molecule has 0 bridgehead atoms. The summed E-state index contributed by atoms with van der Waals surface area (Å²) in [5.41, 5.74) is 2.28. The van der Waals surface area contributed by atoms with E-state index in [0.29, 0.717) is 18.9 Å². The van der Waals surface area contributed by atoms with Crippen LogP contribution in [0.5, 0.6) is 11.5 Å². The Bertz CT molecular complexity index is 564. The smallest absolute Gasteiger partial charge is 0.223 e. The SMILES string of the molecule is COc1cc2c(cc1OC)C(C)(C)CN(C(=O)CC(C)C)C2. The summed E-state index contributed by atoms with van der Waals surface area (Å²) in [5.74, 6) is 2.07. The third kappa shape index (κ3) is 3.21. The summed E-state index contributed by atoms with van der Waals surface area (Å²) in [6, 6.07) is 4.06. The van der Waals surface area contributed by atoms with Crippen molar-refractivity contribution in [3.63, 3.8) is 0 Å². The lowest BCUT2D eigenvalue weighted by atomic mass is 9.78. The number of hydrogen-bond acceptors (Lipinski definition) is 3. The lowest BCUT2D eigenvalue weighted by molar-refractivity contribution is -0.133. The second kappa shape index (κ2) is 6.19. The number of amides is 1. The Hall–Kier alpha value is -1.71. The first-order chi connectivity index (χ1) is 10.3. The number of ether oxygens (including phenoxy) is 2. The van der Waals surface area contributed by atoms with Crippen LogP contribution in [0.2, 0.25) is 0 Å². The van der Waals surface area contributed by atoms with E-state index in [0.717, 1.165) is 23.6 Å². The summed E-state index contributed by atoms with van der Waals surface area (Å²) in [5, 5.41) is 0. The van der Waals surface area contributed by atoms with Crippen molar-refractivity contribution in [3.05, 3.63) is 23.3 Å². The Kier molecular flexibility index (Phi) is 4.69. The summed E-state index contributed by atoms with van der Waals surface area (Å²) in [7, 11) is 3.29. The fourth-order valence-electron chi connectivity index (χ4n) is 3.16. The van der Waals surface area contributed by atoms with E-state index in [4.69, 9.17) is 9.47 Å². The molecule has 1 heterocycles. The van der Waals surface area contributed by atoms with Crippen molar-refractivity contribution in [1.82, 2.24) is 4.90 Å². The number of fused-ring (bicyclic) bond motifs is 1. The highest BCUT2D eigenvalue weighted by Crippen LogP contribution is 2.40. The number of carbonyl (C=O) groups excluding carboxylic acids is 1. The molecule has 1 aromatic carbocycles. The summed E-state index contributed by atoms with van der Waals surface area (Å²) >= 11 is 0. The molecule has 0 aromatic heterocycles. The summed E-state index contributed by atoms with van der Waals surface area (Å²) < 4.78 is 10.8. The molecule has 0 atom stereocenters. The minimum absolute atomic E-state index is 0.0974. The number of nitrogens with zero attached hydrogens (tertiary/aromatic N) is 1. The summed E-state index contributed by atoms with van der Waals surface area (Å²) in [4.78, 5) is 14.4. The van der Waals surface area contributed by atoms with E-state index in [2.05, 4.69) is 33.8 Å². The molecule has 2 rings (SSSR count). The van der Waals surface area contributed by atoms with E-state index >= 15 is 0 Å². The van der Waals surface area contributed by atoms with Crippen LogP contribution in [0.4, 0.5) is 0 Å². The Labute approximate surface area is 133 Å². The van der Waals surface area contributed by atoms with Crippen LogP contribution in [0, 0.1) is 5.92 Å². The van der Waals surface area contributed by atoms with Gasteiger partial charge in [-0.3, -0.25) is 4.79 Å². The molecule has 0 saturated heterocycles. The van der Waals surface area contributed by atoms with E-state index in [9.17, 15) is 4.79 Å². The zero-order chi connectivity index (χ0) is 16.5. The fourth-order valence-corrected chi connectivity index (χ4v) is 3.16. The largest absolute Gasteiger partial charge is 0.493 e. The lowest BCUT2D eigenvalue weighted by Gasteiger charge is -2.40. The fraction of sp³-hybridized carbons (Fsp3) is 0.611. The number of methoxy groups -OCH3 is 2. The average Bonchev–Trinajstić information content (AvgIpc) is 2.44. The molecule has 0 saturated carbocycles. The van der Waals surface area contributed by atoms with Crippen molar-refractivity contribution in [2.24, 2.45) is 5.92 Å². The van der Waals surface area contributed by atoms with Gasteiger partial charge in [0.1, 0.15) is 0 Å². The molecule has 22 heavy (non-hydrogen) atoms. The first-order valence-corrected chi connectivity index (χ1v) is 7.81. The summed E-state index contributed by atoms with van der Waals surface area (Å²) in [6.45, 7) is 9.88. The monoisotopic (exact) mass is 305 g/mol. The normalized spacial score (nSPS) is 16.4. The second-order valence-electron chi connectivity index (χ2n) is 7.10. The second-order valence-corrected chi connectivity index (χ2v) is 7.10. The highest BCUT2D eigenvalue weighted by atomic mass is 16.5. The van der Waals surface area contributed by atoms with Gasteiger partial charge in [0.15, 0.2) is 11.5 Å². The molecule has 0 radical (unpaired) electrons. The van der Waals surface area contributed by atoms with Gasteiger partial charge >= 0.3 is 0 Å². The molecular weight excluding hydrogens is 278 g/mol. The van der Waals surface area contributed by atoms with Crippen molar-refractivity contribution in [2.45, 2.75) is 46.1 Å². The quantitative estimate of drug-likeness (QED) is 0.856. The first-order valence-electron chi connectivity index (χ1n) is 7.81. The zero-order valence-corrected chi connectivity index (χ0v) is 14.5. The van der Waals surface area contributed by atoms with Crippen LogP contribution in [-0.4, -0.2) is 31.6 Å². The van der Waals surface area contributed by atoms with E-state index in [1.54, 1.807) is 14.2 Å². The van der Waals surface area contributed by atoms with E-state index in [1.807, 2.05) is 11.0 Å².